The number of sulfonamides is 2. The number of aliphatic hydroxyl groups is 3. The fourth-order valence-electron chi connectivity index (χ4n) is 12.1. The topological polar surface area (TPSA) is 378 Å². The Morgan fingerprint density at radius 1 is 0.585 bits per heavy atom. The fraction of sp³-hybridized carbons (Fsp3) is 0.781. The number of Topliss-reactive ketones (excluding diaryl/α,β-unsaturated/α-hetero) is 4. The first kappa shape index (κ1) is 92.2. The van der Waals surface area contributed by atoms with Gasteiger partial charge in [-0.05, 0) is 138 Å². The summed E-state index contributed by atoms with van der Waals surface area (Å²) in [4.78, 5) is 82.2. The highest BCUT2D eigenvalue weighted by Gasteiger charge is 2.43. The first-order valence-corrected chi connectivity index (χ1v) is 40.0. The maximum atomic E-state index is 12.9. The Morgan fingerprint density at radius 2 is 1.01 bits per heavy atom. The van der Waals surface area contributed by atoms with Crippen molar-refractivity contribution in [3.63, 3.8) is 0 Å². The number of hydrogen-bond acceptors (Lipinski definition) is 23. The summed E-state index contributed by atoms with van der Waals surface area (Å²) in [5.74, 6) is 1.32. The highest BCUT2D eigenvalue weighted by molar-refractivity contribution is 7.88. The SMILES string of the molecule is CC(C)(CC1CCC(NS(C)(=O)=O)CC1)C(=O)Cc1nnn(C(C)(C)C)n1.CN(C(=O)C1CCCC1)C(C)(C)C(=O)Cc1cc(C(C)(C)CO)no1.CN(C(=O)CCCC(F)(F)F)C(C)(C)C(=O)Cc1cc(C(C)(C)CO)no1.CN([C@H]1CCN(S(C)(=O)=O)C1)C(C)(C)C(=O)Cc1cc(C(C)(C)CO)no1. The lowest BCUT2D eigenvalue weighted by atomic mass is 9.73. The van der Waals surface area contributed by atoms with Gasteiger partial charge in [-0.15, -0.1) is 10.2 Å². The van der Waals surface area contributed by atoms with E-state index >= 15 is 0 Å². The van der Waals surface area contributed by atoms with Crippen molar-refractivity contribution in [2.24, 2.45) is 17.3 Å². The third-order valence-electron chi connectivity index (χ3n) is 21.1. The predicted molar refractivity (Wildman–Crippen MR) is 392 cm³/mol. The lowest BCUT2D eigenvalue weighted by molar-refractivity contribution is -0.146. The second kappa shape index (κ2) is 36.5. The van der Waals surface area contributed by atoms with Gasteiger partial charge in [0.15, 0.2) is 23.2 Å². The monoisotopic (exact) mass is 1540 g/mol. The second-order valence-electron chi connectivity index (χ2n) is 34.1. The van der Waals surface area contributed by atoms with Crippen LogP contribution in [-0.2, 0) is 96.3 Å². The molecule has 3 aliphatic rings. The number of aliphatic hydroxyl groups excluding tert-OH is 3. The summed E-state index contributed by atoms with van der Waals surface area (Å²) in [6.07, 6.45) is 5.67. The zero-order valence-corrected chi connectivity index (χ0v) is 68.2. The third-order valence-corrected chi connectivity index (χ3v) is 23.1. The molecule has 7 rings (SSSR count). The van der Waals surface area contributed by atoms with Gasteiger partial charge in [-0.3, -0.25) is 33.7 Å². The molecular weight excluding hydrogens is 1420 g/mol. The normalized spacial score (nSPS) is 17.8. The van der Waals surface area contributed by atoms with Gasteiger partial charge in [-0.1, -0.05) is 83.7 Å². The van der Waals surface area contributed by atoms with Gasteiger partial charge in [0.25, 0.3) is 0 Å². The molecule has 4 aromatic heterocycles. The molecule has 4 aromatic rings. The number of carbonyl (C=O) groups excluding carboxylic acids is 6. The summed E-state index contributed by atoms with van der Waals surface area (Å²) in [5, 5.41) is 52.4. The van der Waals surface area contributed by atoms with Crippen LogP contribution >= 0.6 is 0 Å². The quantitative estimate of drug-likeness (QED) is 0.0367. The molecule has 1 atom stereocenters. The minimum absolute atomic E-state index is 0.0164. The Kier molecular flexibility index (Phi) is 31.8. The lowest BCUT2D eigenvalue weighted by Gasteiger charge is -2.38. The molecule has 3 fully saturated rings. The van der Waals surface area contributed by atoms with Crippen molar-refractivity contribution in [3.8, 4) is 0 Å². The molecule has 0 unspecified atom stereocenters. The van der Waals surface area contributed by atoms with Gasteiger partial charge < -0.3 is 38.7 Å². The standard InChI is InChI=1S/C19H30N2O4.C18H27F3N2O4.C18H33N5O3S.C18H31N3O5S/c1-18(2,12-22)15-10-14(25-20-15)11-16(23)19(3,4)21(5)17(24)13-8-6-7-9-13;1-16(2,11-24)13-9-12(27-22-13)10-14(25)17(3,4)23(5)15(26)7-6-8-18(19,20)21;1-17(2,3)23-20-16(19-22-23)11-15(24)18(4,5)12-13-7-9-14(10-8-13)21-27(6,25)26;1-17(2,12-22)15-9-14(26-19-15)10-16(23)18(3,4)20(5)13-7-8-21(11-13)27(6,24)25/h10,13,22H,6-9,11-12H2,1-5H3;9,24H,6-8,10-11H2,1-5H3;13-14,21H,7-12H2,1-6H3;9,13,22H,7-8,10-12H2,1-6H3/t;;;13-/m...0/s1. The smallest absolute Gasteiger partial charge is 0.389 e. The van der Waals surface area contributed by atoms with Crippen molar-refractivity contribution < 1.29 is 87.7 Å². The van der Waals surface area contributed by atoms with Gasteiger partial charge in [0.2, 0.25) is 31.9 Å². The van der Waals surface area contributed by atoms with Crippen molar-refractivity contribution >= 4 is 55.0 Å². The number of alkyl halides is 3. The number of rotatable bonds is 31. The van der Waals surface area contributed by atoms with Gasteiger partial charge in [-0.25, -0.2) is 25.9 Å². The van der Waals surface area contributed by atoms with Crippen LogP contribution in [0.3, 0.4) is 0 Å². The maximum Gasteiger partial charge on any atom is 0.389 e. The molecule has 106 heavy (non-hydrogen) atoms. The minimum Gasteiger partial charge on any atom is -0.395 e. The Morgan fingerprint density at radius 3 is 1.39 bits per heavy atom. The van der Waals surface area contributed by atoms with Crippen LogP contribution in [0.2, 0.25) is 0 Å². The number of amides is 2. The average molecular weight is 1540 g/mol. The summed E-state index contributed by atoms with van der Waals surface area (Å²) >= 11 is 0. The molecule has 1 saturated heterocycles. The van der Waals surface area contributed by atoms with E-state index in [0.29, 0.717) is 65.6 Å². The van der Waals surface area contributed by atoms with Crippen molar-refractivity contribution in [2.45, 2.75) is 284 Å². The molecule has 2 amide bonds. The van der Waals surface area contributed by atoms with E-state index in [1.54, 1.807) is 62.6 Å². The third kappa shape index (κ3) is 26.5. The van der Waals surface area contributed by atoms with Gasteiger partial charge >= 0.3 is 6.18 Å². The zero-order chi connectivity index (χ0) is 81.0. The molecule has 0 bridgehead atoms. The summed E-state index contributed by atoms with van der Waals surface area (Å²) in [6, 6.07) is 5.01. The number of likely N-dealkylation sites (N-methyl/N-ethyl adjacent to an activating group) is 3. The van der Waals surface area contributed by atoms with Crippen molar-refractivity contribution in [3.05, 3.63) is 58.4 Å². The van der Waals surface area contributed by atoms with Gasteiger partial charge in [0, 0.05) is 97.9 Å². The molecule has 2 saturated carbocycles. The van der Waals surface area contributed by atoms with E-state index in [2.05, 4.69) is 35.6 Å². The summed E-state index contributed by atoms with van der Waals surface area (Å²) in [5.41, 5.74) is -3.56. The molecule has 0 spiro atoms. The average Bonchev–Trinajstić information content (AvgIpc) is 1.88. The first-order valence-electron chi connectivity index (χ1n) is 36.2. The molecule has 28 nitrogen and oxygen atoms in total. The summed E-state index contributed by atoms with van der Waals surface area (Å²) in [7, 11) is -1.42. The summed E-state index contributed by atoms with van der Waals surface area (Å²) in [6.45, 7) is 31.8. The summed E-state index contributed by atoms with van der Waals surface area (Å²) < 4.78 is 103. The largest absolute Gasteiger partial charge is 0.395 e. The van der Waals surface area contributed by atoms with Crippen LogP contribution in [0.15, 0.2) is 31.8 Å². The molecule has 33 heteroatoms. The fourth-order valence-corrected chi connectivity index (χ4v) is 13.8. The Bertz CT molecular complexity index is 3820. The van der Waals surface area contributed by atoms with E-state index in [1.165, 1.54) is 42.6 Å². The van der Waals surface area contributed by atoms with E-state index < -0.39 is 76.8 Å². The molecule has 0 aromatic carbocycles. The molecule has 5 heterocycles. The van der Waals surface area contributed by atoms with Gasteiger partial charge in [0.05, 0.1) is 97.3 Å². The van der Waals surface area contributed by atoms with E-state index in [9.17, 15) is 74.1 Å². The van der Waals surface area contributed by atoms with E-state index in [1.807, 2.05) is 88.1 Å². The number of aromatic nitrogens is 7. The van der Waals surface area contributed by atoms with Crippen LogP contribution in [0, 0.1) is 17.3 Å². The van der Waals surface area contributed by atoms with Crippen molar-refractivity contribution in [1.82, 2.24) is 59.4 Å². The number of tetrazole rings is 1. The Hall–Kier alpha value is -6.23. The first-order chi connectivity index (χ1) is 48.3. The van der Waals surface area contributed by atoms with Crippen molar-refractivity contribution in [2.75, 3.05) is 66.6 Å². The number of halogens is 3. The zero-order valence-electron chi connectivity index (χ0n) is 66.6. The van der Waals surface area contributed by atoms with E-state index in [0.717, 1.165) is 57.8 Å². The molecule has 2 aliphatic carbocycles. The predicted octanol–water partition coefficient (Wildman–Crippen LogP) is 8.37. The molecule has 0 radical (unpaired) electrons. The van der Waals surface area contributed by atoms with Gasteiger partial charge in [-0.2, -0.15) is 18.0 Å². The number of nitrogens with one attached hydrogen (secondary N) is 1. The number of hydrogen-bond donors (Lipinski definition) is 4. The van der Waals surface area contributed by atoms with Crippen molar-refractivity contribution in [1.29, 1.82) is 0 Å². The Balaban J connectivity index is 0.000000299. The highest BCUT2D eigenvalue weighted by Crippen LogP contribution is 2.37. The number of carbonyl (C=O) groups is 6. The highest BCUT2D eigenvalue weighted by atomic mass is 32.2. The van der Waals surface area contributed by atoms with E-state index in [-0.39, 0.29) is 111 Å². The van der Waals surface area contributed by atoms with Crippen LogP contribution in [0.4, 0.5) is 13.2 Å². The molecule has 602 valence electrons. The number of nitrogens with zero attached hydrogens (tertiary/aromatic N) is 11. The van der Waals surface area contributed by atoms with Crippen LogP contribution in [0.25, 0.3) is 0 Å². The number of ketones is 4. The Labute approximate surface area is 624 Å². The van der Waals surface area contributed by atoms with Crippen LogP contribution < -0.4 is 4.72 Å². The maximum absolute atomic E-state index is 12.9. The molecular formula is C73H121F3N12O16S2. The lowest BCUT2D eigenvalue weighted by Crippen LogP contribution is -2.54. The van der Waals surface area contributed by atoms with Crippen LogP contribution in [0.1, 0.15) is 241 Å². The van der Waals surface area contributed by atoms with Gasteiger partial charge in [0.1, 0.15) is 23.1 Å². The van der Waals surface area contributed by atoms with Crippen LogP contribution in [-0.4, -0.2) is 223 Å². The second-order valence-corrected chi connectivity index (χ2v) is 37.8. The minimum atomic E-state index is -4.31. The van der Waals surface area contributed by atoms with E-state index in [4.69, 9.17) is 13.6 Å². The molecule has 1 aliphatic heterocycles. The van der Waals surface area contributed by atoms with Crippen LogP contribution in [0.5, 0.6) is 0 Å². The molecule has 4 N–H and O–H groups in total.